The molecule has 34 heavy (non-hydrogen) atoms. The van der Waals surface area contributed by atoms with Gasteiger partial charge in [-0.15, -0.1) is 0 Å². The number of hydrogen-bond donors (Lipinski definition) is 1. The Hall–Kier alpha value is -4.30. The van der Waals surface area contributed by atoms with Crippen molar-refractivity contribution in [1.82, 2.24) is 0 Å². The van der Waals surface area contributed by atoms with Crippen LogP contribution in [-0.2, 0) is 0 Å². The highest BCUT2D eigenvalue weighted by atomic mass is 16.3. The van der Waals surface area contributed by atoms with Gasteiger partial charge in [-0.3, -0.25) is 0 Å². The van der Waals surface area contributed by atoms with E-state index in [0.29, 0.717) is 0 Å². The molecule has 0 saturated carbocycles. The minimum atomic E-state index is 0.923. The van der Waals surface area contributed by atoms with Gasteiger partial charge in [0.15, 0.2) is 0 Å². The molecule has 0 aliphatic rings. The van der Waals surface area contributed by atoms with Gasteiger partial charge >= 0.3 is 0 Å². The second-order valence-electron chi connectivity index (χ2n) is 7.93. The van der Waals surface area contributed by atoms with Gasteiger partial charge in [0, 0.05) is 27.7 Å². The first kappa shape index (κ1) is 21.5. The summed E-state index contributed by atoms with van der Waals surface area (Å²) in [7, 11) is 0. The predicted molar refractivity (Wildman–Crippen MR) is 146 cm³/mol. The molecule has 1 heterocycles. The molecular formula is C32H27NO. The van der Waals surface area contributed by atoms with E-state index >= 15 is 0 Å². The molecule has 0 aliphatic heterocycles. The highest BCUT2D eigenvalue weighted by Crippen LogP contribution is 2.36. The summed E-state index contributed by atoms with van der Waals surface area (Å²) in [6.07, 6.45) is 0. The Morgan fingerprint density at radius 1 is 0.471 bits per heavy atom. The number of benzene rings is 5. The maximum absolute atomic E-state index is 6.20. The van der Waals surface area contributed by atoms with Crippen molar-refractivity contribution < 1.29 is 4.42 Å². The van der Waals surface area contributed by atoms with Gasteiger partial charge in [-0.2, -0.15) is 0 Å². The molecule has 1 N–H and O–H groups in total. The van der Waals surface area contributed by atoms with Crippen LogP contribution < -0.4 is 5.32 Å². The molecule has 0 radical (unpaired) electrons. The van der Waals surface area contributed by atoms with Gasteiger partial charge in [0.1, 0.15) is 11.2 Å². The summed E-state index contributed by atoms with van der Waals surface area (Å²) >= 11 is 0. The van der Waals surface area contributed by atoms with E-state index in [1.807, 2.05) is 32.0 Å². The van der Waals surface area contributed by atoms with E-state index in [1.54, 1.807) is 0 Å². The monoisotopic (exact) mass is 441 g/mol. The third-order valence-electron chi connectivity index (χ3n) is 5.88. The summed E-state index contributed by atoms with van der Waals surface area (Å²) in [5, 5.41) is 5.80. The molecule has 6 rings (SSSR count). The van der Waals surface area contributed by atoms with E-state index in [2.05, 4.69) is 108 Å². The minimum Gasteiger partial charge on any atom is -0.455 e. The topological polar surface area (TPSA) is 25.2 Å². The normalized spacial score (nSPS) is 10.6. The molecule has 0 fully saturated rings. The standard InChI is InChI=1S/C30H21NO.C2H6/c1-2-7-21(8-3-1)22-13-17-24(18-14-22)31-25-19-15-23(16-20-25)26-10-6-11-28-27-9-4-5-12-29(27)32-30(26)28;1-2/h1-20,31H;1-2H3. The number of furan rings is 1. The van der Waals surface area contributed by atoms with Crippen LogP contribution in [0, 0.1) is 0 Å². The van der Waals surface area contributed by atoms with Crippen LogP contribution >= 0.6 is 0 Å². The van der Waals surface area contributed by atoms with E-state index in [1.165, 1.54) is 11.1 Å². The number of rotatable bonds is 4. The number of hydrogen-bond acceptors (Lipinski definition) is 2. The molecule has 0 saturated heterocycles. The fraction of sp³-hybridized carbons (Fsp3) is 0.0625. The zero-order valence-electron chi connectivity index (χ0n) is 19.5. The van der Waals surface area contributed by atoms with Crippen molar-refractivity contribution in [2.45, 2.75) is 13.8 Å². The first-order valence-electron chi connectivity index (χ1n) is 11.8. The van der Waals surface area contributed by atoms with E-state index in [4.69, 9.17) is 4.42 Å². The number of anilines is 2. The summed E-state index contributed by atoms with van der Waals surface area (Å²) in [6, 6.07) is 42.0. The second-order valence-corrected chi connectivity index (χ2v) is 7.93. The summed E-state index contributed by atoms with van der Waals surface area (Å²) < 4.78 is 6.20. The van der Waals surface area contributed by atoms with Crippen LogP contribution in [0.15, 0.2) is 126 Å². The first-order chi connectivity index (χ1) is 16.8. The van der Waals surface area contributed by atoms with Gasteiger partial charge in [0.05, 0.1) is 0 Å². The lowest BCUT2D eigenvalue weighted by Crippen LogP contribution is -1.90. The smallest absolute Gasteiger partial charge is 0.143 e. The third-order valence-corrected chi connectivity index (χ3v) is 5.88. The van der Waals surface area contributed by atoms with Gasteiger partial charge in [0.2, 0.25) is 0 Å². The highest BCUT2D eigenvalue weighted by molar-refractivity contribution is 6.09. The van der Waals surface area contributed by atoms with Gasteiger partial charge < -0.3 is 9.73 Å². The molecule has 2 heteroatoms. The Balaban J connectivity index is 0.00000117. The fourth-order valence-electron chi connectivity index (χ4n) is 4.25. The van der Waals surface area contributed by atoms with Crippen molar-refractivity contribution in [1.29, 1.82) is 0 Å². The van der Waals surface area contributed by atoms with E-state index in [-0.39, 0.29) is 0 Å². The Bertz CT molecular complexity index is 1510. The number of nitrogens with one attached hydrogen (secondary N) is 1. The van der Waals surface area contributed by atoms with Crippen LogP contribution in [0.1, 0.15) is 13.8 Å². The molecule has 0 amide bonds. The Morgan fingerprint density at radius 2 is 1.03 bits per heavy atom. The lowest BCUT2D eigenvalue weighted by atomic mass is 10.0. The van der Waals surface area contributed by atoms with Gasteiger partial charge in [0.25, 0.3) is 0 Å². The number of para-hydroxylation sites is 2. The van der Waals surface area contributed by atoms with Crippen LogP contribution in [-0.4, -0.2) is 0 Å². The maximum atomic E-state index is 6.20. The molecule has 0 bridgehead atoms. The predicted octanol–water partition coefficient (Wildman–Crippen LogP) is 9.69. The highest BCUT2D eigenvalue weighted by Gasteiger charge is 2.11. The quantitative estimate of drug-likeness (QED) is 0.294. The van der Waals surface area contributed by atoms with Gasteiger partial charge in [-0.25, -0.2) is 0 Å². The second kappa shape index (κ2) is 9.68. The van der Waals surface area contributed by atoms with Crippen molar-refractivity contribution in [3.8, 4) is 22.3 Å². The minimum absolute atomic E-state index is 0.923. The summed E-state index contributed by atoms with van der Waals surface area (Å²) in [4.78, 5) is 0. The average Bonchev–Trinajstić information content (AvgIpc) is 3.30. The third kappa shape index (κ3) is 4.18. The summed E-state index contributed by atoms with van der Waals surface area (Å²) in [6.45, 7) is 4.00. The molecule has 166 valence electrons. The molecule has 0 unspecified atom stereocenters. The van der Waals surface area contributed by atoms with E-state index in [0.717, 1.165) is 44.4 Å². The van der Waals surface area contributed by atoms with Crippen LogP contribution in [0.3, 0.4) is 0 Å². The SMILES string of the molecule is CC.c1ccc(-c2ccc(Nc3ccc(-c4cccc5c4oc4ccccc45)cc3)cc2)cc1. The van der Waals surface area contributed by atoms with Gasteiger partial charge in [-0.05, 0) is 47.0 Å². The van der Waals surface area contributed by atoms with Crippen molar-refractivity contribution in [2.75, 3.05) is 5.32 Å². The van der Waals surface area contributed by atoms with Gasteiger partial charge in [-0.1, -0.05) is 105 Å². The van der Waals surface area contributed by atoms with Crippen molar-refractivity contribution in [3.63, 3.8) is 0 Å². The summed E-state index contributed by atoms with van der Waals surface area (Å²) in [5.41, 5.74) is 8.67. The number of fused-ring (bicyclic) bond motifs is 3. The van der Waals surface area contributed by atoms with Crippen LogP contribution in [0.25, 0.3) is 44.2 Å². The Kier molecular flexibility index (Phi) is 6.13. The molecule has 6 aromatic rings. The maximum Gasteiger partial charge on any atom is 0.143 e. The van der Waals surface area contributed by atoms with E-state index in [9.17, 15) is 0 Å². The van der Waals surface area contributed by atoms with Crippen LogP contribution in [0.4, 0.5) is 11.4 Å². The molecule has 0 spiro atoms. The molecular weight excluding hydrogens is 414 g/mol. The largest absolute Gasteiger partial charge is 0.455 e. The Morgan fingerprint density at radius 3 is 1.74 bits per heavy atom. The van der Waals surface area contributed by atoms with Crippen LogP contribution in [0.5, 0.6) is 0 Å². The average molecular weight is 442 g/mol. The molecule has 0 atom stereocenters. The first-order valence-corrected chi connectivity index (χ1v) is 11.8. The Labute approximate surface area is 200 Å². The lowest BCUT2D eigenvalue weighted by molar-refractivity contribution is 0.670. The van der Waals surface area contributed by atoms with E-state index < -0.39 is 0 Å². The zero-order chi connectivity index (χ0) is 23.3. The molecule has 2 nitrogen and oxygen atoms in total. The summed E-state index contributed by atoms with van der Waals surface area (Å²) in [5.74, 6) is 0. The van der Waals surface area contributed by atoms with Crippen molar-refractivity contribution in [2.24, 2.45) is 0 Å². The molecule has 1 aromatic heterocycles. The lowest BCUT2D eigenvalue weighted by Gasteiger charge is -2.09. The fourth-order valence-corrected chi connectivity index (χ4v) is 4.25. The van der Waals surface area contributed by atoms with Crippen molar-refractivity contribution >= 4 is 33.3 Å². The van der Waals surface area contributed by atoms with Crippen molar-refractivity contribution in [3.05, 3.63) is 121 Å². The molecule has 5 aromatic carbocycles. The molecule has 0 aliphatic carbocycles. The van der Waals surface area contributed by atoms with Crippen LogP contribution in [0.2, 0.25) is 0 Å². The zero-order valence-corrected chi connectivity index (χ0v) is 19.5.